The predicted octanol–water partition coefficient (Wildman–Crippen LogP) is -0.499. The Morgan fingerprint density at radius 2 is 2.62 bits per heavy atom. The molecule has 1 aliphatic rings. The quantitative estimate of drug-likeness (QED) is 0.574. The fourth-order valence-corrected chi connectivity index (χ4v) is 1.42. The fraction of sp³-hybridized carbons (Fsp3) is 0.500. The molecular formula is C8H12N4O. The van der Waals surface area contributed by atoms with E-state index in [2.05, 4.69) is 20.8 Å². The van der Waals surface area contributed by atoms with E-state index >= 15 is 0 Å². The Labute approximate surface area is 75.9 Å². The van der Waals surface area contributed by atoms with Gasteiger partial charge < -0.3 is 10.6 Å². The molecule has 5 heteroatoms. The van der Waals surface area contributed by atoms with Crippen molar-refractivity contribution in [3.8, 4) is 0 Å². The highest BCUT2D eigenvalue weighted by molar-refractivity contribution is 5.93. The molecule has 5 nitrogen and oxygen atoms in total. The molecule has 0 radical (unpaired) electrons. The fourth-order valence-electron chi connectivity index (χ4n) is 1.42. The van der Waals surface area contributed by atoms with Crippen molar-refractivity contribution in [1.29, 1.82) is 0 Å². The number of aromatic amines is 1. The summed E-state index contributed by atoms with van der Waals surface area (Å²) in [7, 11) is 0. The molecule has 1 aromatic heterocycles. The maximum atomic E-state index is 11.5. The lowest BCUT2D eigenvalue weighted by Crippen LogP contribution is -2.35. The van der Waals surface area contributed by atoms with Gasteiger partial charge in [0.1, 0.15) is 0 Å². The molecule has 1 unspecified atom stereocenters. The van der Waals surface area contributed by atoms with Crippen LogP contribution < -0.4 is 10.6 Å². The van der Waals surface area contributed by atoms with Crippen LogP contribution in [0.2, 0.25) is 0 Å². The van der Waals surface area contributed by atoms with Gasteiger partial charge in [-0.25, -0.2) is 0 Å². The second-order valence-corrected chi connectivity index (χ2v) is 3.15. The van der Waals surface area contributed by atoms with Crippen LogP contribution in [0.3, 0.4) is 0 Å². The van der Waals surface area contributed by atoms with Crippen LogP contribution in [-0.2, 0) is 0 Å². The maximum absolute atomic E-state index is 11.5. The van der Waals surface area contributed by atoms with Crippen molar-refractivity contribution >= 4 is 5.91 Å². The van der Waals surface area contributed by atoms with Gasteiger partial charge in [-0.1, -0.05) is 0 Å². The number of rotatable bonds is 2. The second-order valence-electron chi connectivity index (χ2n) is 3.15. The number of nitrogens with zero attached hydrogens (tertiary/aromatic N) is 1. The van der Waals surface area contributed by atoms with Crippen LogP contribution >= 0.6 is 0 Å². The van der Waals surface area contributed by atoms with E-state index in [0.717, 1.165) is 19.5 Å². The summed E-state index contributed by atoms with van der Waals surface area (Å²) in [5, 5.41) is 12.4. The van der Waals surface area contributed by atoms with E-state index in [1.165, 1.54) is 6.20 Å². The van der Waals surface area contributed by atoms with Gasteiger partial charge in [-0.15, -0.1) is 0 Å². The molecule has 3 N–H and O–H groups in total. The minimum atomic E-state index is -0.0533. The third kappa shape index (κ3) is 1.86. The molecule has 2 rings (SSSR count). The number of nitrogens with one attached hydrogen (secondary N) is 3. The first kappa shape index (κ1) is 8.25. The Hall–Kier alpha value is -1.36. The van der Waals surface area contributed by atoms with Crippen molar-refractivity contribution in [2.45, 2.75) is 12.5 Å². The third-order valence-corrected chi connectivity index (χ3v) is 2.16. The van der Waals surface area contributed by atoms with E-state index in [4.69, 9.17) is 0 Å². The minimum Gasteiger partial charge on any atom is -0.348 e. The van der Waals surface area contributed by atoms with Crippen molar-refractivity contribution in [2.24, 2.45) is 0 Å². The van der Waals surface area contributed by atoms with Gasteiger partial charge in [-0.05, 0) is 13.0 Å². The smallest absolute Gasteiger partial charge is 0.254 e. The first-order chi connectivity index (χ1) is 6.36. The third-order valence-electron chi connectivity index (χ3n) is 2.16. The van der Waals surface area contributed by atoms with Crippen molar-refractivity contribution < 1.29 is 4.79 Å². The summed E-state index contributed by atoms with van der Waals surface area (Å²) >= 11 is 0. The van der Waals surface area contributed by atoms with Crippen LogP contribution in [0.25, 0.3) is 0 Å². The van der Waals surface area contributed by atoms with Gasteiger partial charge in [-0.3, -0.25) is 9.89 Å². The molecule has 2 heterocycles. The first-order valence-corrected chi connectivity index (χ1v) is 4.36. The van der Waals surface area contributed by atoms with Crippen LogP contribution in [0.5, 0.6) is 0 Å². The van der Waals surface area contributed by atoms with Crippen LogP contribution in [-0.4, -0.2) is 35.2 Å². The molecule has 70 valence electrons. The standard InChI is InChI=1S/C8H12N4O/c13-8(6-3-10-11-4-6)12-7-1-2-9-5-7/h3-4,7,9H,1-2,5H2,(H,10,11)(H,12,13). The van der Waals surface area contributed by atoms with Crippen LogP contribution in [0, 0.1) is 0 Å². The maximum Gasteiger partial charge on any atom is 0.254 e. The zero-order valence-corrected chi connectivity index (χ0v) is 7.21. The number of carbonyl (C=O) groups is 1. The zero-order valence-electron chi connectivity index (χ0n) is 7.21. The summed E-state index contributed by atoms with van der Waals surface area (Å²) in [6.07, 6.45) is 4.12. The molecule has 0 saturated carbocycles. The second kappa shape index (κ2) is 3.57. The molecule has 13 heavy (non-hydrogen) atoms. The summed E-state index contributed by atoms with van der Waals surface area (Å²) in [4.78, 5) is 11.5. The number of amides is 1. The summed E-state index contributed by atoms with van der Waals surface area (Å²) in [5.74, 6) is -0.0533. The Balaban J connectivity index is 1.91. The Morgan fingerprint density at radius 3 is 3.23 bits per heavy atom. The molecule has 1 aliphatic heterocycles. The normalized spacial score (nSPS) is 21.7. The average Bonchev–Trinajstić information content (AvgIpc) is 2.74. The first-order valence-electron chi connectivity index (χ1n) is 4.36. The van der Waals surface area contributed by atoms with Crippen LogP contribution in [0.15, 0.2) is 12.4 Å². The molecule has 0 bridgehead atoms. The minimum absolute atomic E-state index is 0.0533. The van der Waals surface area contributed by atoms with Crippen molar-refractivity contribution in [3.05, 3.63) is 18.0 Å². The molecule has 1 fully saturated rings. The Bertz CT molecular complexity index is 276. The molecule has 1 aromatic rings. The molecule has 0 aliphatic carbocycles. The zero-order chi connectivity index (χ0) is 9.10. The Morgan fingerprint density at radius 1 is 1.69 bits per heavy atom. The van der Waals surface area contributed by atoms with Gasteiger partial charge in [0.25, 0.3) is 5.91 Å². The SMILES string of the molecule is O=C(NC1CCNC1)c1cn[nH]c1. The van der Waals surface area contributed by atoms with Crippen LogP contribution in [0.1, 0.15) is 16.8 Å². The van der Waals surface area contributed by atoms with Gasteiger partial charge in [-0.2, -0.15) is 5.10 Å². The van der Waals surface area contributed by atoms with E-state index in [9.17, 15) is 4.79 Å². The van der Waals surface area contributed by atoms with Crippen molar-refractivity contribution in [3.63, 3.8) is 0 Å². The lowest BCUT2D eigenvalue weighted by atomic mass is 10.2. The molecule has 1 atom stereocenters. The van der Waals surface area contributed by atoms with E-state index in [-0.39, 0.29) is 11.9 Å². The predicted molar refractivity (Wildman–Crippen MR) is 47.3 cm³/mol. The number of aromatic nitrogens is 2. The van der Waals surface area contributed by atoms with Gasteiger partial charge in [0.15, 0.2) is 0 Å². The van der Waals surface area contributed by atoms with E-state index in [1.54, 1.807) is 6.20 Å². The van der Waals surface area contributed by atoms with E-state index in [0.29, 0.717) is 5.56 Å². The molecular weight excluding hydrogens is 168 g/mol. The van der Waals surface area contributed by atoms with E-state index in [1.807, 2.05) is 0 Å². The monoisotopic (exact) mass is 180 g/mol. The van der Waals surface area contributed by atoms with Gasteiger partial charge in [0.2, 0.25) is 0 Å². The lowest BCUT2D eigenvalue weighted by molar-refractivity contribution is 0.0940. The van der Waals surface area contributed by atoms with Gasteiger partial charge >= 0.3 is 0 Å². The highest BCUT2D eigenvalue weighted by atomic mass is 16.1. The molecule has 1 amide bonds. The van der Waals surface area contributed by atoms with Gasteiger partial charge in [0.05, 0.1) is 11.8 Å². The van der Waals surface area contributed by atoms with E-state index < -0.39 is 0 Å². The number of hydrogen-bond acceptors (Lipinski definition) is 3. The highest BCUT2D eigenvalue weighted by Crippen LogP contribution is 2.00. The molecule has 1 saturated heterocycles. The summed E-state index contributed by atoms with van der Waals surface area (Å²) in [6.45, 7) is 1.85. The van der Waals surface area contributed by atoms with Crippen LogP contribution in [0.4, 0.5) is 0 Å². The number of carbonyl (C=O) groups excluding carboxylic acids is 1. The topological polar surface area (TPSA) is 69.8 Å². The largest absolute Gasteiger partial charge is 0.348 e. The molecule has 0 aromatic carbocycles. The summed E-state index contributed by atoms with van der Waals surface area (Å²) in [6, 6.07) is 0.266. The average molecular weight is 180 g/mol. The van der Waals surface area contributed by atoms with Gasteiger partial charge in [0, 0.05) is 18.8 Å². The van der Waals surface area contributed by atoms with Crippen molar-refractivity contribution in [2.75, 3.05) is 13.1 Å². The summed E-state index contributed by atoms with van der Waals surface area (Å²) in [5.41, 5.74) is 0.590. The lowest BCUT2D eigenvalue weighted by Gasteiger charge is -2.09. The Kier molecular flexibility index (Phi) is 2.27. The van der Waals surface area contributed by atoms with Crippen molar-refractivity contribution in [1.82, 2.24) is 20.8 Å². The summed E-state index contributed by atoms with van der Waals surface area (Å²) < 4.78 is 0. The highest BCUT2D eigenvalue weighted by Gasteiger charge is 2.17. The number of H-pyrrole nitrogens is 1. The molecule has 0 spiro atoms. The number of hydrogen-bond donors (Lipinski definition) is 3.